The Hall–Kier alpha value is -1.60. The summed E-state index contributed by atoms with van der Waals surface area (Å²) in [7, 11) is 0. The first-order chi connectivity index (χ1) is 7.72. The number of halogens is 1. The Balaban J connectivity index is 3.10. The second kappa shape index (κ2) is 6.09. The van der Waals surface area contributed by atoms with Crippen molar-refractivity contribution in [2.24, 2.45) is 0 Å². The number of pyridine rings is 1. The predicted octanol–water partition coefficient (Wildman–Crippen LogP) is 1.91. The van der Waals surface area contributed by atoms with Crippen molar-refractivity contribution >= 4 is 17.6 Å². The van der Waals surface area contributed by atoms with E-state index in [0.717, 1.165) is 0 Å². The fraction of sp³-hybridized carbons (Fsp3) is 0.364. The molecular formula is C11H11ClN2O2. The minimum absolute atomic E-state index is 0.288. The summed E-state index contributed by atoms with van der Waals surface area (Å²) in [5, 5.41) is 8.73. The summed E-state index contributed by atoms with van der Waals surface area (Å²) in [6, 6.07) is 3.41. The highest BCUT2D eigenvalue weighted by molar-refractivity contribution is 6.18. The van der Waals surface area contributed by atoms with Crippen LogP contribution in [0.5, 0.6) is 0 Å². The minimum Gasteiger partial charge on any atom is -0.462 e. The van der Waals surface area contributed by atoms with Crippen molar-refractivity contribution in [2.75, 3.05) is 12.5 Å². The molecule has 0 saturated carbocycles. The van der Waals surface area contributed by atoms with Crippen molar-refractivity contribution < 1.29 is 9.53 Å². The van der Waals surface area contributed by atoms with Gasteiger partial charge < -0.3 is 4.74 Å². The highest BCUT2D eigenvalue weighted by Crippen LogP contribution is 2.11. The Morgan fingerprint density at radius 3 is 3.00 bits per heavy atom. The largest absolute Gasteiger partial charge is 0.462 e. The minimum atomic E-state index is -0.466. The van der Waals surface area contributed by atoms with Gasteiger partial charge in [-0.3, -0.25) is 4.98 Å². The van der Waals surface area contributed by atoms with Crippen LogP contribution in [-0.2, 0) is 11.2 Å². The summed E-state index contributed by atoms with van der Waals surface area (Å²) in [5.74, 6) is -0.0992. The number of alkyl halides is 1. The van der Waals surface area contributed by atoms with Crippen LogP contribution in [-0.4, -0.2) is 23.4 Å². The van der Waals surface area contributed by atoms with Crippen LogP contribution in [0.1, 0.15) is 28.5 Å². The number of aromatic nitrogens is 1. The average molecular weight is 239 g/mol. The number of aryl methyl sites for hydroxylation is 1. The van der Waals surface area contributed by atoms with E-state index < -0.39 is 5.97 Å². The highest BCUT2D eigenvalue weighted by atomic mass is 35.5. The lowest BCUT2D eigenvalue weighted by atomic mass is 10.1. The van der Waals surface area contributed by atoms with Crippen molar-refractivity contribution in [1.82, 2.24) is 4.98 Å². The van der Waals surface area contributed by atoms with E-state index in [1.807, 2.05) is 6.07 Å². The Kier molecular flexibility index (Phi) is 4.74. The standard InChI is InChI=1S/C11H11ClN2O2/c1-2-16-11(15)9-5-8(6-13)7-14-10(9)3-4-12/h5,7H,2-4H2,1H3. The van der Waals surface area contributed by atoms with Gasteiger partial charge in [-0.15, -0.1) is 11.6 Å². The van der Waals surface area contributed by atoms with E-state index in [-0.39, 0.29) is 6.61 Å². The predicted molar refractivity (Wildman–Crippen MR) is 59.3 cm³/mol. The quantitative estimate of drug-likeness (QED) is 0.594. The SMILES string of the molecule is CCOC(=O)c1cc(C#N)cnc1CCCl. The molecule has 0 saturated heterocycles. The molecule has 0 fully saturated rings. The molecule has 84 valence electrons. The molecule has 1 rings (SSSR count). The topological polar surface area (TPSA) is 63.0 Å². The maximum absolute atomic E-state index is 11.6. The van der Waals surface area contributed by atoms with E-state index in [0.29, 0.717) is 29.1 Å². The fourth-order valence-corrected chi connectivity index (χ4v) is 1.41. The van der Waals surface area contributed by atoms with Crippen molar-refractivity contribution in [3.8, 4) is 6.07 Å². The second-order valence-electron chi connectivity index (χ2n) is 2.99. The molecule has 5 heteroatoms. The van der Waals surface area contributed by atoms with E-state index >= 15 is 0 Å². The Labute approximate surface area is 98.8 Å². The summed E-state index contributed by atoms with van der Waals surface area (Å²) in [6.07, 6.45) is 1.89. The number of ether oxygens (including phenoxy) is 1. The normalized spacial score (nSPS) is 9.56. The molecule has 0 unspecified atom stereocenters. The summed E-state index contributed by atoms with van der Waals surface area (Å²) < 4.78 is 4.88. The maximum Gasteiger partial charge on any atom is 0.340 e. The number of hydrogen-bond acceptors (Lipinski definition) is 4. The Bertz CT molecular complexity index is 426. The zero-order chi connectivity index (χ0) is 12.0. The van der Waals surface area contributed by atoms with Gasteiger partial charge in [0.25, 0.3) is 0 Å². The molecule has 0 amide bonds. The zero-order valence-corrected chi connectivity index (χ0v) is 9.62. The lowest BCUT2D eigenvalue weighted by Crippen LogP contribution is -2.10. The van der Waals surface area contributed by atoms with Crippen molar-refractivity contribution in [3.05, 3.63) is 29.1 Å². The van der Waals surface area contributed by atoms with Crippen molar-refractivity contribution in [2.45, 2.75) is 13.3 Å². The van der Waals surface area contributed by atoms with Crippen LogP contribution in [0.25, 0.3) is 0 Å². The molecule has 16 heavy (non-hydrogen) atoms. The molecule has 1 aromatic rings. The monoisotopic (exact) mass is 238 g/mol. The van der Waals surface area contributed by atoms with Crippen LogP contribution in [0, 0.1) is 11.3 Å². The number of carbonyl (C=O) groups excluding carboxylic acids is 1. The van der Waals surface area contributed by atoms with Crippen LogP contribution in [0.4, 0.5) is 0 Å². The number of esters is 1. The molecule has 1 heterocycles. The summed E-state index contributed by atoms with van der Waals surface area (Å²) in [5.41, 5.74) is 1.22. The molecule has 1 aromatic heterocycles. The lowest BCUT2D eigenvalue weighted by molar-refractivity contribution is 0.0524. The maximum atomic E-state index is 11.6. The van der Waals surface area contributed by atoms with Gasteiger partial charge in [-0.1, -0.05) is 0 Å². The summed E-state index contributed by atoms with van der Waals surface area (Å²) >= 11 is 5.61. The molecule has 0 aliphatic rings. The van der Waals surface area contributed by atoms with Gasteiger partial charge in [0.2, 0.25) is 0 Å². The molecule has 0 atom stereocenters. The van der Waals surface area contributed by atoms with Gasteiger partial charge in [0.05, 0.1) is 23.4 Å². The van der Waals surface area contributed by atoms with Gasteiger partial charge in [0.15, 0.2) is 0 Å². The zero-order valence-electron chi connectivity index (χ0n) is 8.86. The molecule has 0 aromatic carbocycles. The highest BCUT2D eigenvalue weighted by Gasteiger charge is 2.14. The van der Waals surface area contributed by atoms with Gasteiger partial charge in [0.1, 0.15) is 6.07 Å². The number of hydrogen-bond donors (Lipinski definition) is 0. The van der Waals surface area contributed by atoms with E-state index in [1.165, 1.54) is 12.3 Å². The molecule has 0 radical (unpaired) electrons. The van der Waals surface area contributed by atoms with Gasteiger partial charge in [0, 0.05) is 18.5 Å². The number of rotatable bonds is 4. The average Bonchev–Trinajstić information content (AvgIpc) is 2.30. The molecule has 0 N–H and O–H groups in total. The van der Waals surface area contributed by atoms with Crippen molar-refractivity contribution in [1.29, 1.82) is 5.26 Å². The molecule has 0 aliphatic carbocycles. The third-order valence-electron chi connectivity index (χ3n) is 1.93. The van der Waals surface area contributed by atoms with Crippen LogP contribution < -0.4 is 0 Å². The lowest BCUT2D eigenvalue weighted by Gasteiger charge is -2.06. The molecule has 0 bridgehead atoms. The van der Waals surface area contributed by atoms with E-state index in [9.17, 15) is 4.79 Å². The molecule has 4 nitrogen and oxygen atoms in total. The number of nitrogens with zero attached hydrogens (tertiary/aromatic N) is 2. The van der Waals surface area contributed by atoms with E-state index in [2.05, 4.69) is 4.98 Å². The van der Waals surface area contributed by atoms with E-state index in [4.69, 9.17) is 21.6 Å². The first kappa shape index (κ1) is 12.5. The van der Waals surface area contributed by atoms with Crippen LogP contribution >= 0.6 is 11.6 Å². The molecular weight excluding hydrogens is 228 g/mol. The Morgan fingerprint density at radius 1 is 1.69 bits per heavy atom. The fourth-order valence-electron chi connectivity index (χ4n) is 1.23. The third kappa shape index (κ3) is 2.94. The first-order valence-electron chi connectivity index (χ1n) is 4.85. The molecule has 0 aliphatic heterocycles. The van der Waals surface area contributed by atoms with Crippen molar-refractivity contribution in [3.63, 3.8) is 0 Å². The van der Waals surface area contributed by atoms with Gasteiger partial charge in [-0.25, -0.2) is 4.79 Å². The second-order valence-corrected chi connectivity index (χ2v) is 3.37. The molecule has 0 spiro atoms. The van der Waals surface area contributed by atoms with Crippen LogP contribution in [0.2, 0.25) is 0 Å². The number of carbonyl (C=O) groups is 1. The van der Waals surface area contributed by atoms with Gasteiger partial charge in [-0.05, 0) is 13.0 Å². The summed E-state index contributed by atoms with van der Waals surface area (Å²) in [6.45, 7) is 2.01. The van der Waals surface area contributed by atoms with Gasteiger partial charge >= 0.3 is 5.97 Å². The van der Waals surface area contributed by atoms with Crippen LogP contribution in [0.15, 0.2) is 12.3 Å². The summed E-state index contributed by atoms with van der Waals surface area (Å²) in [4.78, 5) is 15.6. The van der Waals surface area contributed by atoms with Gasteiger partial charge in [-0.2, -0.15) is 5.26 Å². The first-order valence-corrected chi connectivity index (χ1v) is 5.38. The number of nitriles is 1. The third-order valence-corrected chi connectivity index (χ3v) is 2.11. The Morgan fingerprint density at radius 2 is 2.44 bits per heavy atom. The van der Waals surface area contributed by atoms with Crippen LogP contribution in [0.3, 0.4) is 0 Å². The van der Waals surface area contributed by atoms with E-state index in [1.54, 1.807) is 6.92 Å². The smallest absolute Gasteiger partial charge is 0.340 e.